The van der Waals surface area contributed by atoms with Gasteiger partial charge in [0.15, 0.2) is 0 Å². The van der Waals surface area contributed by atoms with Crippen molar-refractivity contribution < 1.29 is 18.4 Å². The van der Waals surface area contributed by atoms with E-state index in [2.05, 4.69) is 20.4 Å². The molecule has 2 aromatic heterocycles. The number of nitrogens with one attached hydrogen (secondary N) is 1. The van der Waals surface area contributed by atoms with Crippen LogP contribution < -0.4 is 10.2 Å². The number of benzene rings is 1. The maximum Gasteiger partial charge on any atom is 0.291 e. The Balaban J connectivity index is 1.45. The van der Waals surface area contributed by atoms with E-state index in [0.29, 0.717) is 18.9 Å². The Hall–Kier alpha value is -3.63. The number of likely N-dealkylation sites (N-methyl/N-ethyl adjacent to an activating group) is 1. The molecule has 0 saturated carbocycles. The van der Waals surface area contributed by atoms with Crippen molar-refractivity contribution in [2.24, 2.45) is 0 Å². The van der Waals surface area contributed by atoms with Crippen molar-refractivity contribution in [2.75, 3.05) is 11.9 Å². The van der Waals surface area contributed by atoms with E-state index in [4.69, 9.17) is 0 Å². The Morgan fingerprint density at radius 2 is 2.13 bits per heavy atom. The first-order chi connectivity index (χ1) is 14.3. The molecule has 1 aliphatic heterocycles. The molecule has 3 aromatic rings. The number of rotatable bonds is 4. The molecule has 3 heterocycles. The molecule has 11 heteroatoms. The second-order valence-corrected chi connectivity index (χ2v) is 7.09. The zero-order valence-electron chi connectivity index (χ0n) is 16.3. The van der Waals surface area contributed by atoms with E-state index >= 15 is 0 Å². The van der Waals surface area contributed by atoms with Crippen LogP contribution in [-0.4, -0.2) is 49.2 Å². The number of amides is 2. The number of hydrogen-bond acceptors (Lipinski definition) is 5. The van der Waals surface area contributed by atoms with Crippen LogP contribution in [0.5, 0.6) is 0 Å². The second-order valence-electron chi connectivity index (χ2n) is 7.09. The molecule has 4 rings (SSSR count). The Morgan fingerprint density at radius 3 is 2.93 bits per heavy atom. The predicted octanol–water partition coefficient (Wildman–Crippen LogP) is 1.27. The highest BCUT2D eigenvalue weighted by Crippen LogP contribution is 2.19. The highest BCUT2D eigenvalue weighted by molar-refractivity contribution is 6.00. The van der Waals surface area contributed by atoms with Crippen molar-refractivity contribution in [2.45, 2.75) is 32.5 Å². The van der Waals surface area contributed by atoms with Gasteiger partial charge in [-0.05, 0) is 31.5 Å². The molecule has 0 radical (unpaired) electrons. The summed E-state index contributed by atoms with van der Waals surface area (Å²) < 4.78 is 30.2. The number of anilines is 1. The number of nitrogens with zero attached hydrogens (tertiary/aromatic N) is 6. The fraction of sp³-hybridized carbons (Fsp3) is 0.316. The van der Waals surface area contributed by atoms with Crippen LogP contribution in [0.25, 0.3) is 0 Å². The average Bonchev–Trinajstić information content (AvgIpc) is 3.31. The third-order valence-corrected chi connectivity index (χ3v) is 4.85. The minimum Gasteiger partial charge on any atom is -0.337 e. The van der Waals surface area contributed by atoms with Gasteiger partial charge in [-0.2, -0.15) is 0 Å². The molecule has 0 fully saturated rings. The van der Waals surface area contributed by atoms with Crippen molar-refractivity contribution in [3.8, 4) is 0 Å². The highest BCUT2D eigenvalue weighted by atomic mass is 19.1. The van der Waals surface area contributed by atoms with Gasteiger partial charge in [0, 0.05) is 25.4 Å². The first-order valence-corrected chi connectivity index (χ1v) is 9.27. The third kappa shape index (κ3) is 3.78. The largest absolute Gasteiger partial charge is 0.337 e. The minimum atomic E-state index is -0.767. The Morgan fingerprint density at radius 1 is 1.33 bits per heavy atom. The molecule has 1 aliphatic rings. The van der Waals surface area contributed by atoms with Crippen molar-refractivity contribution in [3.05, 3.63) is 59.4 Å². The number of aryl methyl sites for hydroxylation is 2. The fourth-order valence-corrected chi connectivity index (χ4v) is 3.36. The van der Waals surface area contributed by atoms with E-state index < -0.39 is 23.6 Å². The lowest BCUT2D eigenvalue weighted by molar-refractivity contribution is -0.120. The smallest absolute Gasteiger partial charge is 0.291 e. The molecule has 1 unspecified atom stereocenters. The van der Waals surface area contributed by atoms with Crippen molar-refractivity contribution >= 4 is 17.8 Å². The number of halogens is 2. The highest BCUT2D eigenvalue weighted by Gasteiger charge is 2.31. The van der Waals surface area contributed by atoms with Crippen LogP contribution >= 0.6 is 0 Å². The summed E-state index contributed by atoms with van der Waals surface area (Å²) in [5, 5.41) is 6.66. The molecule has 0 saturated heterocycles. The summed E-state index contributed by atoms with van der Waals surface area (Å²) in [5.74, 6) is -1.73. The molecule has 1 aromatic carbocycles. The summed E-state index contributed by atoms with van der Waals surface area (Å²) in [5.41, 5.74) is 0.883. The van der Waals surface area contributed by atoms with Gasteiger partial charge in [0.2, 0.25) is 11.8 Å². The van der Waals surface area contributed by atoms with Crippen LogP contribution in [0.3, 0.4) is 0 Å². The van der Waals surface area contributed by atoms with E-state index in [-0.39, 0.29) is 23.8 Å². The van der Waals surface area contributed by atoms with Gasteiger partial charge < -0.3 is 9.88 Å². The first kappa shape index (κ1) is 19.7. The van der Waals surface area contributed by atoms with Gasteiger partial charge in [0.1, 0.15) is 24.0 Å². The minimum absolute atomic E-state index is 0.0807. The number of aromatic nitrogens is 5. The quantitative estimate of drug-likeness (QED) is 0.692. The van der Waals surface area contributed by atoms with Crippen LogP contribution in [0.2, 0.25) is 0 Å². The van der Waals surface area contributed by atoms with Gasteiger partial charge >= 0.3 is 0 Å². The van der Waals surface area contributed by atoms with Gasteiger partial charge in [-0.25, -0.2) is 23.4 Å². The summed E-state index contributed by atoms with van der Waals surface area (Å²) >= 11 is 0. The molecule has 1 atom stereocenters. The zero-order valence-corrected chi connectivity index (χ0v) is 16.3. The molecule has 30 heavy (non-hydrogen) atoms. The van der Waals surface area contributed by atoms with E-state index in [1.807, 2.05) is 17.7 Å². The maximum atomic E-state index is 13.8. The zero-order chi connectivity index (χ0) is 21.4. The molecule has 9 nitrogen and oxygen atoms in total. The molecule has 0 spiro atoms. The van der Waals surface area contributed by atoms with Crippen LogP contribution in [-0.2, 0) is 17.9 Å². The van der Waals surface area contributed by atoms with E-state index in [0.717, 1.165) is 23.9 Å². The summed E-state index contributed by atoms with van der Waals surface area (Å²) in [6.45, 7) is 2.27. The summed E-state index contributed by atoms with van der Waals surface area (Å²) in [7, 11) is 1.60. The van der Waals surface area contributed by atoms with Crippen LogP contribution in [0, 0.1) is 18.6 Å². The fourth-order valence-electron chi connectivity index (χ4n) is 3.36. The first-order valence-electron chi connectivity index (χ1n) is 9.27. The van der Waals surface area contributed by atoms with Crippen LogP contribution in [0.4, 0.5) is 14.7 Å². The summed E-state index contributed by atoms with van der Waals surface area (Å²) in [6.07, 6.45) is 3.48. The third-order valence-electron chi connectivity index (χ3n) is 4.85. The number of carbonyl (C=O) groups excluding carboxylic acids is 2. The molecule has 0 bridgehead atoms. The number of imidazole rings is 1. The Labute approximate surface area is 170 Å². The van der Waals surface area contributed by atoms with Crippen LogP contribution in [0.15, 0.2) is 30.7 Å². The predicted molar refractivity (Wildman–Crippen MR) is 102 cm³/mol. The number of carbonyl (C=O) groups is 2. The van der Waals surface area contributed by atoms with E-state index in [1.54, 1.807) is 7.05 Å². The summed E-state index contributed by atoms with van der Waals surface area (Å²) in [6, 6.07) is 2.34. The lowest BCUT2D eigenvalue weighted by Crippen LogP contribution is -2.47. The second kappa shape index (κ2) is 7.65. The Kier molecular flexibility index (Phi) is 5.02. The van der Waals surface area contributed by atoms with Gasteiger partial charge in [0.05, 0.1) is 12.2 Å². The summed E-state index contributed by atoms with van der Waals surface area (Å²) in [4.78, 5) is 35.0. The lowest BCUT2D eigenvalue weighted by Gasteiger charge is -2.19. The monoisotopic (exact) mass is 415 g/mol. The van der Waals surface area contributed by atoms with E-state index in [1.165, 1.54) is 15.9 Å². The van der Waals surface area contributed by atoms with Gasteiger partial charge in [-0.15, -0.1) is 5.10 Å². The topological polar surface area (TPSA) is 97.9 Å². The Bertz CT molecular complexity index is 1120. The van der Waals surface area contributed by atoms with Gasteiger partial charge in [-0.1, -0.05) is 0 Å². The van der Waals surface area contributed by atoms with Crippen LogP contribution in [0.1, 0.15) is 28.3 Å². The standard InChI is InChI=1S/C19H19F2N7O2/c1-11-8-27-6-5-15(18(30)26(2)19(27)23-11)24-17(29)16-22-10-28(25-16)9-12-7-13(20)3-4-14(12)21/h3-4,7-8,10,15H,5-6,9H2,1-2H3,(H,24,29). The van der Waals surface area contributed by atoms with Crippen molar-refractivity contribution in [3.63, 3.8) is 0 Å². The maximum absolute atomic E-state index is 13.8. The lowest BCUT2D eigenvalue weighted by atomic mass is 10.2. The molecule has 2 amide bonds. The number of fused-ring (bicyclic) bond motifs is 1. The number of hydrogen-bond donors (Lipinski definition) is 1. The van der Waals surface area contributed by atoms with Gasteiger partial charge in [0.25, 0.3) is 11.8 Å². The van der Waals surface area contributed by atoms with Crippen molar-refractivity contribution in [1.82, 2.24) is 29.6 Å². The molecular weight excluding hydrogens is 396 g/mol. The van der Waals surface area contributed by atoms with Crippen molar-refractivity contribution in [1.29, 1.82) is 0 Å². The van der Waals surface area contributed by atoms with Gasteiger partial charge in [-0.3, -0.25) is 14.5 Å². The SMILES string of the molecule is Cc1cn2c(n1)N(C)C(=O)C(NC(=O)c1ncn(Cc3cc(F)ccc3F)n1)CC2. The molecule has 0 aliphatic carbocycles. The molecule has 156 valence electrons. The normalized spacial score (nSPS) is 16.3. The average molecular weight is 415 g/mol. The molecule has 1 N–H and O–H groups in total. The molecular formula is C19H19F2N7O2. The van der Waals surface area contributed by atoms with E-state index in [9.17, 15) is 18.4 Å².